The molecule has 0 amide bonds. The summed E-state index contributed by atoms with van der Waals surface area (Å²) in [5, 5.41) is 25.4. The molecule has 0 spiro atoms. The first-order valence-electron chi connectivity index (χ1n) is 22.9. The van der Waals surface area contributed by atoms with E-state index in [-0.39, 0.29) is 37.3 Å². The molecule has 0 aromatic heterocycles. The second-order valence-corrected chi connectivity index (χ2v) is 15.1. The summed E-state index contributed by atoms with van der Waals surface area (Å²) < 4.78 is 0. The first-order valence-corrected chi connectivity index (χ1v) is 22.9. The molecule has 7 heteroatoms. The van der Waals surface area contributed by atoms with Crippen LogP contribution in [0.3, 0.4) is 0 Å². The van der Waals surface area contributed by atoms with Gasteiger partial charge in [-0.15, -0.1) is 0 Å². The third-order valence-electron chi connectivity index (χ3n) is 9.46. The van der Waals surface area contributed by atoms with Crippen molar-refractivity contribution in [1.82, 2.24) is 0 Å². The molecular weight excluding hydrogens is 840 g/mol. The number of rotatable bonds is 39. The zero-order valence-corrected chi connectivity index (χ0v) is 38.1. The normalized spacial score (nSPS) is 11.0. The fraction of sp³-hybridized carbons (Fsp3) is 0.812. The number of carboxylic acid groups (broad SMARTS) is 3. The van der Waals surface area contributed by atoms with Gasteiger partial charge in [0.15, 0.2) is 0 Å². The summed E-state index contributed by atoms with van der Waals surface area (Å²) in [5.41, 5.74) is 0. The van der Waals surface area contributed by atoms with Crippen LogP contribution in [-0.4, -0.2) is 33.2 Å². The zero-order chi connectivity index (χ0) is 40.4. The molecule has 0 bridgehead atoms. The molecule has 0 aliphatic heterocycles. The molecule has 0 rings (SSSR count). The van der Waals surface area contributed by atoms with E-state index in [1.165, 1.54) is 173 Å². The topological polar surface area (TPSA) is 112 Å². The van der Waals surface area contributed by atoms with Crippen molar-refractivity contribution in [1.29, 1.82) is 0 Å². The van der Waals surface area contributed by atoms with E-state index in [9.17, 15) is 14.4 Å². The Morgan fingerprint density at radius 2 is 0.455 bits per heavy atom. The van der Waals surface area contributed by atoms with Crippen LogP contribution in [0.25, 0.3) is 0 Å². The van der Waals surface area contributed by atoms with Crippen LogP contribution in [0.2, 0.25) is 0 Å². The van der Waals surface area contributed by atoms with Crippen LogP contribution in [-0.2, 0) is 14.4 Å². The van der Waals surface area contributed by atoms with Crippen molar-refractivity contribution in [2.75, 3.05) is 0 Å². The van der Waals surface area contributed by atoms with Gasteiger partial charge < -0.3 is 15.3 Å². The molecule has 0 heterocycles. The third-order valence-corrected chi connectivity index (χ3v) is 9.46. The number of hydrogen-bond acceptors (Lipinski definition) is 3. The van der Waals surface area contributed by atoms with E-state index in [4.69, 9.17) is 15.3 Å². The van der Waals surface area contributed by atoms with E-state index >= 15 is 0 Å². The Morgan fingerprint density at radius 3 is 0.636 bits per heavy atom. The van der Waals surface area contributed by atoms with Crippen molar-refractivity contribution in [3.8, 4) is 0 Å². The van der Waals surface area contributed by atoms with E-state index in [2.05, 4.69) is 57.2 Å². The molecule has 0 aliphatic carbocycles. The first kappa shape index (κ1) is 60.6. The molecule has 0 aromatic rings. The fourth-order valence-corrected chi connectivity index (χ4v) is 5.98. The van der Waals surface area contributed by atoms with Crippen LogP contribution in [0.15, 0.2) is 36.5 Å². The van der Waals surface area contributed by atoms with Gasteiger partial charge in [-0.2, -0.15) is 0 Å². The van der Waals surface area contributed by atoms with Crippen molar-refractivity contribution in [2.45, 2.75) is 252 Å². The zero-order valence-electron chi connectivity index (χ0n) is 36.3. The van der Waals surface area contributed by atoms with Gasteiger partial charge in [-0.1, -0.05) is 173 Å². The van der Waals surface area contributed by atoms with Gasteiger partial charge in [-0.05, 0) is 96.3 Å². The summed E-state index contributed by atoms with van der Waals surface area (Å²) in [6.07, 6.45) is 55.0. The van der Waals surface area contributed by atoms with Gasteiger partial charge in [0.05, 0.1) is 0 Å². The van der Waals surface area contributed by atoms with E-state index < -0.39 is 17.9 Å². The number of allylic oxidation sites excluding steroid dienone is 6. The monoisotopic (exact) mass is 929 g/mol. The Hall–Kier alpha value is -1.12. The second-order valence-electron chi connectivity index (χ2n) is 15.1. The number of carbonyl (C=O) groups is 3. The molecule has 0 aliphatic rings. The Labute approximate surface area is 370 Å². The molecule has 3 N–H and O–H groups in total. The van der Waals surface area contributed by atoms with Gasteiger partial charge in [-0.3, -0.25) is 14.4 Å². The van der Waals surface area contributed by atoms with Crippen LogP contribution < -0.4 is 0 Å². The molecule has 330 valence electrons. The predicted molar refractivity (Wildman–Crippen MR) is 234 cm³/mol. The van der Waals surface area contributed by atoms with Crippen molar-refractivity contribution in [2.24, 2.45) is 0 Å². The average Bonchev–Trinajstić information content (AvgIpc) is 3.14. The second kappa shape index (κ2) is 57.2. The molecular formula is C48H90ErO6. The Kier molecular flexibility index (Phi) is 63.0. The molecule has 0 unspecified atom stereocenters. The van der Waals surface area contributed by atoms with Crippen LogP contribution in [0.5, 0.6) is 0 Å². The fourth-order valence-electron chi connectivity index (χ4n) is 5.98. The standard InChI is InChI=1S/3C16H30O2.Er/c3*1-2-3-4-5-6-7-8-9-10-11-12-13-14-15-16(17)18;/h3*7-8H,2-6,9-15H2,1H3,(H,17,18);/b3*8-7-;. The van der Waals surface area contributed by atoms with Crippen LogP contribution in [0, 0.1) is 37.3 Å². The van der Waals surface area contributed by atoms with Crippen molar-refractivity contribution in [3.05, 3.63) is 36.5 Å². The molecule has 0 aromatic carbocycles. The Balaban J connectivity index is -0.000000351. The summed E-state index contributed by atoms with van der Waals surface area (Å²) in [5.74, 6) is -2.00. The number of hydrogen-bond donors (Lipinski definition) is 3. The van der Waals surface area contributed by atoms with Gasteiger partial charge in [0.1, 0.15) is 0 Å². The molecule has 0 fully saturated rings. The SMILES string of the molecule is CCCCCC/C=C\CCCCCCCC(=O)O.CCCCCC/C=C\CCCCCCCC(=O)O.CCCCCC/C=C\CCCCCCCC(=O)O.[Er]. The van der Waals surface area contributed by atoms with Gasteiger partial charge in [0.2, 0.25) is 0 Å². The van der Waals surface area contributed by atoms with Gasteiger partial charge in [0.25, 0.3) is 0 Å². The quantitative estimate of drug-likeness (QED) is 0.0418. The minimum atomic E-state index is -0.666. The van der Waals surface area contributed by atoms with Gasteiger partial charge >= 0.3 is 17.9 Å². The first-order chi connectivity index (χ1) is 26.3. The third kappa shape index (κ3) is 71.1. The average molecular weight is 931 g/mol. The van der Waals surface area contributed by atoms with E-state index in [1.54, 1.807) is 0 Å². The molecule has 0 radical (unpaired) electrons. The molecule has 0 saturated heterocycles. The van der Waals surface area contributed by atoms with Crippen molar-refractivity contribution < 1.29 is 67.0 Å². The van der Waals surface area contributed by atoms with Crippen molar-refractivity contribution >= 4 is 17.9 Å². The predicted octanol–water partition coefficient (Wildman–Crippen LogP) is 16.0. The number of unbranched alkanes of at least 4 members (excludes halogenated alkanes) is 27. The molecule has 6 nitrogen and oxygen atoms in total. The minimum Gasteiger partial charge on any atom is -0.481 e. The van der Waals surface area contributed by atoms with E-state index in [1.807, 2.05) is 0 Å². The molecule has 55 heavy (non-hydrogen) atoms. The summed E-state index contributed by atoms with van der Waals surface area (Å²) in [6, 6.07) is 0. The van der Waals surface area contributed by atoms with Gasteiger partial charge in [-0.25, -0.2) is 0 Å². The minimum absolute atomic E-state index is 0. The summed E-state index contributed by atoms with van der Waals surface area (Å²) in [6.45, 7) is 6.73. The Bertz CT molecular complexity index is 744. The maximum Gasteiger partial charge on any atom is 0.303 e. The largest absolute Gasteiger partial charge is 0.481 e. The number of carboxylic acids is 3. The number of aliphatic carboxylic acids is 3. The maximum atomic E-state index is 10.3. The molecule has 0 saturated carbocycles. The summed E-state index contributed by atoms with van der Waals surface area (Å²) in [4.78, 5) is 30.9. The summed E-state index contributed by atoms with van der Waals surface area (Å²) >= 11 is 0. The van der Waals surface area contributed by atoms with Crippen LogP contribution in [0.4, 0.5) is 0 Å². The van der Waals surface area contributed by atoms with Crippen LogP contribution >= 0.6 is 0 Å². The van der Waals surface area contributed by atoms with E-state index in [0.717, 1.165) is 38.5 Å². The summed E-state index contributed by atoms with van der Waals surface area (Å²) in [7, 11) is 0. The van der Waals surface area contributed by atoms with Crippen LogP contribution in [0.1, 0.15) is 252 Å². The maximum absolute atomic E-state index is 10.3. The van der Waals surface area contributed by atoms with Gasteiger partial charge in [0, 0.05) is 56.6 Å². The Morgan fingerprint density at radius 1 is 0.291 bits per heavy atom. The van der Waals surface area contributed by atoms with Crippen molar-refractivity contribution in [3.63, 3.8) is 0 Å². The smallest absolute Gasteiger partial charge is 0.303 e. The molecule has 0 atom stereocenters. The van der Waals surface area contributed by atoms with E-state index in [0.29, 0.717) is 19.3 Å².